The lowest BCUT2D eigenvalue weighted by Crippen LogP contribution is -2.42. The molecule has 0 radical (unpaired) electrons. The van der Waals surface area contributed by atoms with Crippen LogP contribution in [0, 0.1) is 0 Å². The monoisotopic (exact) mass is 490 g/mol. The minimum Gasteiger partial charge on any atom is -0.439 e. The van der Waals surface area contributed by atoms with Gasteiger partial charge in [0.1, 0.15) is 11.6 Å². The first-order valence-corrected chi connectivity index (χ1v) is 12.4. The van der Waals surface area contributed by atoms with Gasteiger partial charge in [-0.15, -0.1) is 0 Å². The van der Waals surface area contributed by atoms with Crippen LogP contribution < -0.4 is 20.3 Å². The molecule has 9 heteroatoms. The zero-order valence-corrected chi connectivity index (χ0v) is 20.5. The first-order chi connectivity index (χ1) is 17.2. The van der Waals surface area contributed by atoms with E-state index in [9.17, 15) is 0 Å². The Morgan fingerprint density at radius 3 is 2.57 bits per heavy atom. The summed E-state index contributed by atoms with van der Waals surface area (Å²) in [7, 11) is 0. The second kappa shape index (κ2) is 11.4. The Kier molecular flexibility index (Phi) is 7.67. The molecule has 0 spiro atoms. The van der Waals surface area contributed by atoms with Gasteiger partial charge in [0.05, 0.1) is 13.2 Å². The molecule has 3 heterocycles. The van der Waals surface area contributed by atoms with Crippen LogP contribution in [-0.2, 0) is 17.7 Å². The fourth-order valence-corrected chi connectivity index (χ4v) is 4.48. The van der Waals surface area contributed by atoms with Crippen molar-refractivity contribution in [1.29, 1.82) is 0 Å². The third-order valence-corrected chi connectivity index (χ3v) is 6.40. The SMILES string of the molecule is S=C(NCCN1CCOCC1)Nc1nc(Oc2ccccc2)cc(N2CCc3ccccc3C2)n1. The van der Waals surface area contributed by atoms with E-state index in [0.717, 1.165) is 70.5 Å². The molecule has 0 bridgehead atoms. The second-order valence-electron chi connectivity index (χ2n) is 8.58. The van der Waals surface area contributed by atoms with Crippen molar-refractivity contribution in [2.24, 2.45) is 0 Å². The minimum atomic E-state index is 0.413. The van der Waals surface area contributed by atoms with Gasteiger partial charge >= 0.3 is 0 Å². The molecule has 2 aromatic carbocycles. The molecule has 0 atom stereocenters. The van der Waals surface area contributed by atoms with Crippen LogP contribution >= 0.6 is 12.2 Å². The maximum absolute atomic E-state index is 6.06. The zero-order chi connectivity index (χ0) is 23.9. The summed E-state index contributed by atoms with van der Waals surface area (Å²) >= 11 is 5.53. The Hall–Kier alpha value is -3.27. The minimum absolute atomic E-state index is 0.413. The number of rotatable bonds is 7. The van der Waals surface area contributed by atoms with E-state index in [4.69, 9.17) is 26.7 Å². The molecule has 1 fully saturated rings. The molecule has 0 amide bonds. The number of morpholine rings is 1. The number of nitrogens with zero attached hydrogens (tertiary/aromatic N) is 4. The fraction of sp³-hybridized carbons (Fsp3) is 0.346. The summed E-state index contributed by atoms with van der Waals surface area (Å²) in [5.74, 6) is 2.41. The van der Waals surface area contributed by atoms with Crippen molar-refractivity contribution in [3.8, 4) is 11.6 Å². The molecule has 2 aliphatic heterocycles. The third-order valence-electron chi connectivity index (χ3n) is 6.15. The maximum atomic E-state index is 6.06. The van der Waals surface area contributed by atoms with Crippen LogP contribution in [0.5, 0.6) is 11.6 Å². The van der Waals surface area contributed by atoms with E-state index >= 15 is 0 Å². The van der Waals surface area contributed by atoms with Crippen LogP contribution in [0.4, 0.5) is 11.8 Å². The van der Waals surface area contributed by atoms with Crippen molar-refractivity contribution in [3.63, 3.8) is 0 Å². The number of hydrogen-bond donors (Lipinski definition) is 2. The van der Waals surface area contributed by atoms with Crippen molar-refractivity contribution >= 4 is 29.1 Å². The quantitative estimate of drug-likeness (QED) is 0.485. The molecular weight excluding hydrogens is 460 g/mol. The van der Waals surface area contributed by atoms with Crippen molar-refractivity contribution in [1.82, 2.24) is 20.2 Å². The van der Waals surface area contributed by atoms with Gasteiger partial charge < -0.3 is 25.0 Å². The van der Waals surface area contributed by atoms with E-state index in [1.54, 1.807) is 0 Å². The summed E-state index contributed by atoms with van der Waals surface area (Å²) in [6.07, 6.45) is 0.972. The van der Waals surface area contributed by atoms with E-state index in [1.807, 2.05) is 36.4 Å². The molecule has 0 saturated carbocycles. The maximum Gasteiger partial charge on any atom is 0.234 e. The predicted molar refractivity (Wildman–Crippen MR) is 141 cm³/mol. The van der Waals surface area contributed by atoms with Gasteiger partial charge in [0.2, 0.25) is 11.8 Å². The molecule has 1 saturated heterocycles. The highest BCUT2D eigenvalue weighted by molar-refractivity contribution is 7.80. The highest BCUT2D eigenvalue weighted by atomic mass is 32.1. The highest BCUT2D eigenvalue weighted by Crippen LogP contribution is 2.28. The smallest absolute Gasteiger partial charge is 0.234 e. The Bertz CT molecular complexity index is 1140. The predicted octanol–water partition coefficient (Wildman–Crippen LogP) is 3.45. The van der Waals surface area contributed by atoms with Gasteiger partial charge in [-0.2, -0.15) is 9.97 Å². The fourth-order valence-electron chi connectivity index (χ4n) is 4.28. The van der Waals surface area contributed by atoms with Gasteiger partial charge in [0, 0.05) is 45.3 Å². The lowest BCUT2D eigenvalue weighted by atomic mass is 10.00. The Morgan fingerprint density at radius 1 is 0.971 bits per heavy atom. The molecule has 35 heavy (non-hydrogen) atoms. The van der Waals surface area contributed by atoms with Crippen LogP contribution in [-0.4, -0.2) is 65.9 Å². The second-order valence-corrected chi connectivity index (χ2v) is 8.99. The average Bonchev–Trinajstić information content (AvgIpc) is 2.89. The van der Waals surface area contributed by atoms with E-state index in [-0.39, 0.29) is 0 Å². The van der Waals surface area contributed by atoms with E-state index in [1.165, 1.54) is 11.1 Å². The molecule has 2 N–H and O–H groups in total. The average molecular weight is 491 g/mol. The Balaban J connectivity index is 1.29. The summed E-state index contributed by atoms with van der Waals surface area (Å²) < 4.78 is 11.5. The number of para-hydroxylation sites is 1. The van der Waals surface area contributed by atoms with Crippen LogP contribution in [0.1, 0.15) is 11.1 Å². The number of fused-ring (bicyclic) bond motifs is 1. The lowest BCUT2D eigenvalue weighted by molar-refractivity contribution is 0.0389. The Morgan fingerprint density at radius 2 is 1.74 bits per heavy atom. The molecule has 8 nitrogen and oxygen atoms in total. The number of thiocarbonyl (C=S) groups is 1. The normalized spacial score (nSPS) is 15.8. The van der Waals surface area contributed by atoms with Gasteiger partial charge in [-0.25, -0.2) is 0 Å². The van der Waals surface area contributed by atoms with Crippen LogP contribution in [0.25, 0.3) is 0 Å². The van der Waals surface area contributed by atoms with Crippen LogP contribution in [0.2, 0.25) is 0 Å². The molecular formula is C26H30N6O2S. The van der Waals surface area contributed by atoms with Crippen LogP contribution in [0.3, 0.4) is 0 Å². The van der Waals surface area contributed by atoms with Gasteiger partial charge in [-0.1, -0.05) is 42.5 Å². The molecule has 2 aliphatic rings. The number of benzene rings is 2. The van der Waals surface area contributed by atoms with Crippen LogP contribution in [0.15, 0.2) is 60.7 Å². The summed E-state index contributed by atoms with van der Waals surface area (Å²) in [4.78, 5) is 14.0. The molecule has 182 valence electrons. The molecule has 0 aliphatic carbocycles. The van der Waals surface area contributed by atoms with Gasteiger partial charge in [0.15, 0.2) is 5.11 Å². The standard InChI is InChI=1S/C26H30N6O2S/c35-26(27-11-13-31-14-16-33-17-15-31)30-25-28-23(18-24(29-25)34-22-8-2-1-3-9-22)32-12-10-20-6-4-5-7-21(20)19-32/h1-9,18H,10-17,19H2,(H2,27,28,29,30,35). The van der Waals surface area contributed by atoms with E-state index in [2.05, 4.69) is 49.7 Å². The van der Waals surface area contributed by atoms with Crippen molar-refractivity contribution < 1.29 is 9.47 Å². The van der Waals surface area contributed by atoms with Gasteiger partial charge in [-0.3, -0.25) is 4.90 Å². The lowest BCUT2D eigenvalue weighted by Gasteiger charge is -2.30. The third kappa shape index (κ3) is 6.45. The van der Waals surface area contributed by atoms with E-state index < -0.39 is 0 Å². The van der Waals surface area contributed by atoms with E-state index in [0.29, 0.717) is 16.9 Å². The van der Waals surface area contributed by atoms with Crippen molar-refractivity contribution in [3.05, 3.63) is 71.8 Å². The molecule has 1 aromatic heterocycles. The van der Waals surface area contributed by atoms with Gasteiger partial charge in [-0.05, 0) is 41.9 Å². The van der Waals surface area contributed by atoms with Crippen molar-refractivity contribution in [2.75, 3.05) is 56.2 Å². The largest absolute Gasteiger partial charge is 0.439 e. The zero-order valence-electron chi connectivity index (χ0n) is 19.7. The molecule has 5 rings (SSSR count). The topological polar surface area (TPSA) is 74.8 Å². The molecule has 0 unspecified atom stereocenters. The van der Waals surface area contributed by atoms with Gasteiger partial charge in [0.25, 0.3) is 0 Å². The van der Waals surface area contributed by atoms with Crippen molar-refractivity contribution in [2.45, 2.75) is 13.0 Å². The number of hydrogen-bond acceptors (Lipinski definition) is 7. The summed E-state index contributed by atoms with van der Waals surface area (Å²) in [5, 5.41) is 6.91. The summed E-state index contributed by atoms with van der Waals surface area (Å²) in [5.41, 5.74) is 2.71. The first kappa shape index (κ1) is 23.5. The summed E-state index contributed by atoms with van der Waals surface area (Å²) in [6.45, 7) is 6.78. The number of aromatic nitrogens is 2. The molecule has 3 aromatic rings. The number of nitrogens with one attached hydrogen (secondary N) is 2. The number of ether oxygens (including phenoxy) is 2. The number of anilines is 2. The highest BCUT2D eigenvalue weighted by Gasteiger charge is 2.19. The summed E-state index contributed by atoms with van der Waals surface area (Å²) in [6, 6.07) is 20.1. The first-order valence-electron chi connectivity index (χ1n) is 12.0. The Labute approximate surface area is 211 Å².